The van der Waals surface area contributed by atoms with Crippen molar-refractivity contribution in [2.75, 3.05) is 18.1 Å². The molecule has 2 aromatic carbocycles. The van der Waals surface area contributed by atoms with E-state index >= 15 is 0 Å². The molecule has 2 unspecified atom stereocenters. The lowest BCUT2D eigenvalue weighted by molar-refractivity contribution is -0.131. The highest BCUT2D eigenvalue weighted by molar-refractivity contribution is 6.04. The van der Waals surface area contributed by atoms with Crippen LogP contribution in [0.15, 0.2) is 59.8 Å². The molecule has 144 valence electrons. The summed E-state index contributed by atoms with van der Waals surface area (Å²) in [5.74, 6) is -0.215. The molecule has 1 saturated heterocycles. The summed E-state index contributed by atoms with van der Waals surface area (Å²) in [5.41, 5.74) is 3.37. The molecule has 2 amide bonds. The largest absolute Gasteiger partial charge is 0.447 e. The highest BCUT2D eigenvalue weighted by Gasteiger charge is 2.30. The van der Waals surface area contributed by atoms with E-state index in [1.54, 1.807) is 4.90 Å². The van der Waals surface area contributed by atoms with E-state index in [-0.39, 0.29) is 18.0 Å². The molecule has 7 heteroatoms. The van der Waals surface area contributed by atoms with Gasteiger partial charge < -0.3 is 14.9 Å². The Hall–Kier alpha value is -3.35. The van der Waals surface area contributed by atoms with Gasteiger partial charge in [-0.05, 0) is 30.2 Å². The van der Waals surface area contributed by atoms with E-state index in [1.165, 1.54) is 0 Å². The third-order valence-electron chi connectivity index (χ3n) is 4.87. The second kappa shape index (κ2) is 7.72. The number of hydrogen-bond acceptors (Lipinski definition) is 5. The average molecular weight is 379 g/mol. The average Bonchev–Trinajstić information content (AvgIpc) is 3.38. The van der Waals surface area contributed by atoms with Crippen LogP contribution < -0.4 is 10.2 Å². The van der Waals surface area contributed by atoms with Gasteiger partial charge in [0.1, 0.15) is 6.61 Å². The molecule has 0 aliphatic carbocycles. The van der Waals surface area contributed by atoms with Crippen LogP contribution in [0.4, 0.5) is 10.5 Å². The first kappa shape index (κ1) is 18.0. The summed E-state index contributed by atoms with van der Waals surface area (Å²) in [6.45, 7) is 2.81. The number of rotatable bonds is 5. The van der Waals surface area contributed by atoms with Crippen LogP contribution in [-0.4, -0.2) is 37.0 Å². The Morgan fingerprint density at radius 2 is 2.04 bits per heavy atom. The number of oxime groups is 1. The fourth-order valence-electron chi connectivity index (χ4n) is 3.30. The van der Waals surface area contributed by atoms with Crippen LogP contribution in [-0.2, 0) is 14.4 Å². The van der Waals surface area contributed by atoms with Crippen molar-refractivity contribution in [3.05, 3.63) is 65.7 Å². The monoisotopic (exact) mass is 379 g/mol. The van der Waals surface area contributed by atoms with Crippen molar-refractivity contribution in [1.82, 2.24) is 5.32 Å². The van der Waals surface area contributed by atoms with Gasteiger partial charge in [-0.2, -0.15) is 0 Å². The normalized spacial score (nSPS) is 19.6. The minimum absolute atomic E-state index is 0.215. The number of nitrogens with zero attached hydrogens (tertiary/aromatic N) is 2. The van der Waals surface area contributed by atoms with Gasteiger partial charge in [0.05, 0.1) is 18.3 Å². The molecule has 7 nitrogen and oxygen atoms in total. The van der Waals surface area contributed by atoms with Gasteiger partial charge in [0.2, 0.25) is 6.10 Å². The Balaban J connectivity index is 1.38. The Labute approximate surface area is 162 Å². The maximum atomic E-state index is 12.6. The summed E-state index contributed by atoms with van der Waals surface area (Å²) in [4.78, 5) is 31.3. The van der Waals surface area contributed by atoms with Gasteiger partial charge in [-0.15, -0.1) is 0 Å². The van der Waals surface area contributed by atoms with Crippen molar-refractivity contribution >= 4 is 23.4 Å². The van der Waals surface area contributed by atoms with E-state index in [2.05, 4.69) is 10.5 Å². The zero-order valence-electron chi connectivity index (χ0n) is 15.5. The Morgan fingerprint density at radius 3 is 2.79 bits per heavy atom. The lowest BCUT2D eigenvalue weighted by Crippen LogP contribution is -2.36. The predicted molar refractivity (Wildman–Crippen MR) is 104 cm³/mol. The molecule has 0 saturated carbocycles. The van der Waals surface area contributed by atoms with Crippen molar-refractivity contribution in [2.45, 2.75) is 25.5 Å². The lowest BCUT2D eigenvalue weighted by atomic mass is 10.0. The Kier molecular flexibility index (Phi) is 4.97. The number of carbonyl (C=O) groups is 2. The number of anilines is 1. The topological polar surface area (TPSA) is 80.2 Å². The molecule has 4 rings (SSSR count). The van der Waals surface area contributed by atoms with Gasteiger partial charge in [0.25, 0.3) is 5.91 Å². The predicted octanol–water partition coefficient (Wildman–Crippen LogP) is 3.01. The fraction of sp³-hybridized carbons (Fsp3) is 0.286. The number of carbonyl (C=O) groups excluding carboxylic acids is 2. The zero-order valence-corrected chi connectivity index (χ0v) is 15.5. The van der Waals surface area contributed by atoms with E-state index in [0.717, 1.165) is 22.5 Å². The minimum atomic E-state index is -0.644. The molecular formula is C21H21N3O4. The third kappa shape index (κ3) is 3.69. The quantitative estimate of drug-likeness (QED) is 0.866. The van der Waals surface area contributed by atoms with Gasteiger partial charge in [-0.25, -0.2) is 4.79 Å². The summed E-state index contributed by atoms with van der Waals surface area (Å²) in [5, 5.41) is 7.03. The summed E-state index contributed by atoms with van der Waals surface area (Å²) >= 11 is 0. The Morgan fingerprint density at radius 1 is 1.21 bits per heavy atom. The second-order valence-electron chi connectivity index (χ2n) is 6.79. The van der Waals surface area contributed by atoms with E-state index in [4.69, 9.17) is 9.57 Å². The summed E-state index contributed by atoms with van der Waals surface area (Å²) < 4.78 is 4.99. The first-order valence-electron chi connectivity index (χ1n) is 9.24. The second-order valence-corrected chi connectivity index (χ2v) is 6.79. The SMILES string of the molecule is CC(NC(=O)C1CC(c2ccccc2)=NO1)c1cccc(N2CCOC2=O)c1. The van der Waals surface area contributed by atoms with E-state index in [1.807, 2.05) is 61.5 Å². The molecule has 2 aliphatic heterocycles. The molecular weight excluding hydrogens is 358 g/mol. The first-order valence-corrected chi connectivity index (χ1v) is 9.24. The molecule has 28 heavy (non-hydrogen) atoms. The Bertz CT molecular complexity index is 913. The minimum Gasteiger partial charge on any atom is -0.447 e. The van der Waals surface area contributed by atoms with Gasteiger partial charge in [-0.1, -0.05) is 47.6 Å². The highest BCUT2D eigenvalue weighted by Crippen LogP contribution is 2.24. The molecule has 0 bridgehead atoms. The van der Waals surface area contributed by atoms with Crippen LogP contribution in [0.5, 0.6) is 0 Å². The van der Waals surface area contributed by atoms with Crippen LogP contribution >= 0.6 is 0 Å². The van der Waals surface area contributed by atoms with E-state index < -0.39 is 6.10 Å². The van der Waals surface area contributed by atoms with Crippen LogP contribution in [0.25, 0.3) is 0 Å². The smallest absolute Gasteiger partial charge is 0.414 e. The van der Waals surface area contributed by atoms with Crippen molar-refractivity contribution < 1.29 is 19.2 Å². The van der Waals surface area contributed by atoms with Crippen LogP contribution in [0.3, 0.4) is 0 Å². The standard InChI is InChI=1S/C21H21N3O4/c1-14(16-8-5-9-17(12-16)24-10-11-27-21(24)26)22-20(25)19-13-18(23-28-19)15-6-3-2-4-7-15/h2-9,12,14,19H,10-11,13H2,1H3,(H,22,25). The lowest BCUT2D eigenvalue weighted by Gasteiger charge is -2.19. The molecule has 0 spiro atoms. The highest BCUT2D eigenvalue weighted by atomic mass is 16.6. The van der Waals surface area contributed by atoms with Gasteiger partial charge in [0, 0.05) is 12.1 Å². The molecule has 0 aromatic heterocycles. The van der Waals surface area contributed by atoms with Gasteiger partial charge >= 0.3 is 6.09 Å². The number of benzene rings is 2. The van der Waals surface area contributed by atoms with Crippen molar-refractivity contribution in [3.63, 3.8) is 0 Å². The zero-order chi connectivity index (χ0) is 19.5. The maximum Gasteiger partial charge on any atom is 0.414 e. The maximum absolute atomic E-state index is 12.6. The summed E-state index contributed by atoms with van der Waals surface area (Å²) in [6, 6.07) is 17.0. The fourth-order valence-corrected chi connectivity index (χ4v) is 3.30. The van der Waals surface area contributed by atoms with E-state index in [0.29, 0.717) is 19.6 Å². The van der Waals surface area contributed by atoms with Crippen molar-refractivity contribution in [1.29, 1.82) is 0 Å². The van der Waals surface area contributed by atoms with Crippen molar-refractivity contribution in [2.24, 2.45) is 5.16 Å². The summed E-state index contributed by atoms with van der Waals surface area (Å²) in [6.07, 6.45) is -0.560. The molecule has 0 radical (unpaired) electrons. The molecule has 1 fully saturated rings. The van der Waals surface area contributed by atoms with E-state index in [9.17, 15) is 9.59 Å². The summed E-state index contributed by atoms with van der Waals surface area (Å²) in [7, 11) is 0. The molecule has 2 atom stereocenters. The third-order valence-corrected chi connectivity index (χ3v) is 4.87. The number of hydrogen-bond donors (Lipinski definition) is 1. The van der Waals surface area contributed by atoms with Gasteiger partial charge in [0.15, 0.2) is 0 Å². The molecule has 2 aliphatic rings. The van der Waals surface area contributed by atoms with Gasteiger partial charge in [-0.3, -0.25) is 9.69 Å². The van der Waals surface area contributed by atoms with Crippen LogP contribution in [0.2, 0.25) is 0 Å². The molecule has 2 heterocycles. The van der Waals surface area contributed by atoms with Crippen LogP contribution in [0, 0.1) is 0 Å². The molecule has 2 aromatic rings. The number of amides is 2. The molecule has 1 N–H and O–H groups in total. The number of cyclic esters (lactones) is 1. The number of ether oxygens (including phenoxy) is 1. The van der Waals surface area contributed by atoms with Crippen LogP contribution in [0.1, 0.15) is 30.5 Å². The van der Waals surface area contributed by atoms with Crippen molar-refractivity contribution in [3.8, 4) is 0 Å². The number of nitrogens with one attached hydrogen (secondary N) is 1. The first-order chi connectivity index (χ1) is 13.6.